The van der Waals surface area contributed by atoms with Crippen LogP contribution in [0.2, 0.25) is 0 Å². The zero-order chi connectivity index (χ0) is 21.8. The monoisotopic (exact) mass is 438 g/mol. The Kier molecular flexibility index (Phi) is 6.15. The van der Waals surface area contributed by atoms with E-state index in [0.29, 0.717) is 37.8 Å². The first-order chi connectivity index (χ1) is 14.9. The highest BCUT2D eigenvalue weighted by molar-refractivity contribution is 7.88. The molecule has 1 aliphatic rings. The van der Waals surface area contributed by atoms with Crippen molar-refractivity contribution >= 4 is 27.5 Å². The summed E-state index contributed by atoms with van der Waals surface area (Å²) in [5.74, 6) is 2.08. The third-order valence-corrected chi connectivity index (χ3v) is 7.06. The fourth-order valence-corrected chi connectivity index (χ4v) is 5.04. The standard InChI is InChI=1S/C22H26N6O2S/c1-17-4-3-5-19(14-17)16-31(29,30)28-12-10-27(11-13-28)22-9-8-21(25-26-22)24-20-7-6-18(2)15-23-20/h3-9,14-15H,10-13,16H2,1-2H3,(H,23,24,25). The number of nitrogens with one attached hydrogen (secondary N) is 1. The largest absolute Gasteiger partial charge is 0.352 e. The summed E-state index contributed by atoms with van der Waals surface area (Å²) in [7, 11) is -3.35. The van der Waals surface area contributed by atoms with Gasteiger partial charge in [0, 0.05) is 32.4 Å². The van der Waals surface area contributed by atoms with Crippen LogP contribution in [-0.4, -0.2) is 54.1 Å². The van der Waals surface area contributed by atoms with Gasteiger partial charge in [0.2, 0.25) is 10.0 Å². The van der Waals surface area contributed by atoms with Crippen molar-refractivity contribution in [1.82, 2.24) is 19.5 Å². The Morgan fingerprint density at radius 2 is 1.68 bits per heavy atom. The predicted octanol–water partition coefficient (Wildman–Crippen LogP) is 2.88. The van der Waals surface area contributed by atoms with Gasteiger partial charge in [-0.05, 0) is 43.2 Å². The van der Waals surface area contributed by atoms with Gasteiger partial charge in [-0.25, -0.2) is 13.4 Å². The maximum atomic E-state index is 12.8. The molecule has 3 heterocycles. The van der Waals surface area contributed by atoms with Gasteiger partial charge in [-0.3, -0.25) is 0 Å². The molecule has 0 atom stereocenters. The SMILES string of the molecule is Cc1ccc(Nc2ccc(N3CCN(S(=O)(=O)Cc4cccc(C)c4)CC3)nn2)nc1. The van der Waals surface area contributed by atoms with Crippen LogP contribution in [0.1, 0.15) is 16.7 Å². The van der Waals surface area contributed by atoms with Crippen molar-refractivity contribution in [3.63, 3.8) is 0 Å². The van der Waals surface area contributed by atoms with Crippen LogP contribution in [0.25, 0.3) is 0 Å². The van der Waals surface area contributed by atoms with Crippen molar-refractivity contribution in [2.45, 2.75) is 19.6 Å². The molecule has 0 amide bonds. The highest BCUT2D eigenvalue weighted by Gasteiger charge is 2.27. The highest BCUT2D eigenvalue weighted by atomic mass is 32.2. The van der Waals surface area contributed by atoms with Gasteiger partial charge in [-0.15, -0.1) is 10.2 Å². The normalized spacial score (nSPS) is 15.1. The van der Waals surface area contributed by atoms with E-state index >= 15 is 0 Å². The van der Waals surface area contributed by atoms with Gasteiger partial charge in [0.25, 0.3) is 0 Å². The Bertz CT molecular complexity index is 1130. The van der Waals surface area contributed by atoms with Gasteiger partial charge in [0.05, 0.1) is 5.75 Å². The molecule has 2 aromatic heterocycles. The van der Waals surface area contributed by atoms with Crippen molar-refractivity contribution in [2.75, 3.05) is 36.4 Å². The van der Waals surface area contributed by atoms with E-state index < -0.39 is 10.0 Å². The Balaban J connectivity index is 1.34. The zero-order valence-corrected chi connectivity index (χ0v) is 18.5. The molecule has 1 saturated heterocycles. The van der Waals surface area contributed by atoms with Crippen LogP contribution in [0.15, 0.2) is 54.7 Å². The van der Waals surface area contributed by atoms with Crippen molar-refractivity contribution in [2.24, 2.45) is 0 Å². The minimum atomic E-state index is -3.35. The third-order valence-electron chi connectivity index (χ3n) is 5.21. The highest BCUT2D eigenvalue weighted by Crippen LogP contribution is 2.19. The minimum absolute atomic E-state index is 0.0297. The minimum Gasteiger partial charge on any atom is -0.352 e. The number of anilines is 3. The number of pyridine rings is 1. The average molecular weight is 439 g/mol. The lowest BCUT2D eigenvalue weighted by Gasteiger charge is -2.34. The summed E-state index contributed by atoms with van der Waals surface area (Å²) in [5.41, 5.74) is 2.97. The topological polar surface area (TPSA) is 91.3 Å². The number of hydrogen-bond donors (Lipinski definition) is 1. The van der Waals surface area contributed by atoms with Crippen LogP contribution in [0.5, 0.6) is 0 Å². The summed E-state index contributed by atoms with van der Waals surface area (Å²) in [5, 5.41) is 11.7. The van der Waals surface area contributed by atoms with E-state index in [1.165, 1.54) is 0 Å². The lowest BCUT2D eigenvalue weighted by molar-refractivity contribution is 0.383. The van der Waals surface area contributed by atoms with Crippen LogP contribution < -0.4 is 10.2 Å². The lowest BCUT2D eigenvalue weighted by Crippen LogP contribution is -2.49. The van der Waals surface area contributed by atoms with Crippen LogP contribution >= 0.6 is 0 Å². The van der Waals surface area contributed by atoms with Crippen molar-refractivity contribution in [3.05, 3.63) is 71.4 Å². The van der Waals surface area contributed by atoms with Gasteiger partial charge >= 0.3 is 0 Å². The molecule has 162 valence electrons. The number of rotatable bonds is 6. The molecular formula is C22H26N6O2S. The second-order valence-corrected chi connectivity index (χ2v) is 9.72. The van der Waals surface area contributed by atoms with Gasteiger partial charge < -0.3 is 10.2 Å². The second kappa shape index (κ2) is 8.99. The number of nitrogens with zero attached hydrogens (tertiary/aromatic N) is 5. The van der Waals surface area contributed by atoms with E-state index in [-0.39, 0.29) is 5.75 Å². The molecule has 0 aliphatic carbocycles. The summed E-state index contributed by atoms with van der Waals surface area (Å²) >= 11 is 0. The maximum absolute atomic E-state index is 12.8. The molecule has 0 radical (unpaired) electrons. The van der Waals surface area contributed by atoms with E-state index in [2.05, 4.69) is 25.4 Å². The smallest absolute Gasteiger partial charge is 0.218 e. The van der Waals surface area contributed by atoms with Crippen LogP contribution in [0.3, 0.4) is 0 Å². The molecular weight excluding hydrogens is 412 g/mol. The van der Waals surface area contributed by atoms with Crippen molar-refractivity contribution < 1.29 is 8.42 Å². The van der Waals surface area contributed by atoms with E-state index in [0.717, 1.165) is 22.5 Å². The number of benzene rings is 1. The number of aromatic nitrogens is 3. The summed E-state index contributed by atoms with van der Waals surface area (Å²) in [4.78, 5) is 6.36. The van der Waals surface area contributed by atoms with E-state index in [1.54, 1.807) is 10.5 Å². The van der Waals surface area contributed by atoms with Crippen molar-refractivity contribution in [1.29, 1.82) is 0 Å². The molecule has 0 unspecified atom stereocenters. The Morgan fingerprint density at radius 1 is 0.903 bits per heavy atom. The molecule has 1 aromatic carbocycles. The number of sulfonamides is 1. The molecule has 8 nitrogen and oxygen atoms in total. The summed E-state index contributed by atoms with van der Waals surface area (Å²) in [6.07, 6.45) is 1.79. The molecule has 1 fully saturated rings. The van der Waals surface area contributed by atoms with Gasteiger partial charge in [0.15, 0.2) is 11.6 Å². The Labute approximate surface area is 183 Å². The number of aryl methyl sites for hydroxylation is 2. The maximum Gasteiger partial charge on any atom is 0.218 e. The first-order valence-electron chi connectivity index (χ1n) is 10.2. The molecule has 1 aliphatic heterocycles. The van der Waals surface area contributed by atoms with Crippen LogP contribution in [-0.2, 0) is 15.8 Å². The molecule has 0 bridgehead atoms. The molecule has 3 aromatic rings. The average Bonchev–Trinajstić information content (AvgIpc) is 2.76. The van der Waals surface area contributed by atoms with E-state index in [1.807, 2.05) is 62.4 Å². The number of hydrogen-bond acceptors (Lipinski definition) is 7. The first-order valence-corrected chi connectivity index (χ1v) is 11.8. The molecule has 31 heavy (non-hydrogen) atoms. The van der Waals surface area contributed by atoms with Gasteiger partial charge in [0.1, 0.15) is 5.82 Å². The van der Waals surface area contributed by atoms with Crippen LogP contribution in [0, 0.1) is 13.8 Å². The fourth-order valence-electron chi connectivity index (χ4n) is 3.53. The predicted molar refractivity (Wildman–Crippen MR) is 122 cm³/mol. The molecule has 0 saturated carbocycles. The third kappa shape index (κ3) is 5.36. The quantitative estimate of drug-likeness (QED) is 0.633. The summed E-state index contributed by atoms with van der Waals surface area (Å²) < 4.78 is 27.2. The van der Waals surface area contributed by atoms with E-state index in [9.17, 15) is 8.42 Å². The molecule has 1 N–H and O–H groups in total. The Morgan fingerprint density at radius 3 is 2.32 bits per heavy atom. The number of piperazine rings is 1. The second-order valence-electron chi connectivity index (χ2n) is 7.75. The zero-order valence-electron chi connectivity index (χ0n) is 17.7. The van der Waals surface area contributed by atoms with Gasteiger partial charge in [-0.1, -0.05) is 35.9 Å². The fraction of sp³-hybridized carbons (Fsp3) is 0.318. The molecule has 9 heteroatoms. The summed E-state index contributed by atoms with van der Waals surface area (Å²) in [6, 6.07) is 15.2. The first kappa shape index (κ1) is 21.2. The molecule has 0 spiro atoms. The summed E-state index contributed by atoms with van der Waals surface area (Å²) in [6.45, 7) is 5.97. The van der Waals surface area contributed by atoms with Crippen LogP contribution in [0.4, 0.5) is 17.5 Å². The lowest BCUT2D eigenvalue weighted by atomic mass is 10.2. The van der Waals surface area contributed by atoms with Gasteiger partial charge in [-0.2, -0.15) is 4.31 Å². The Hall–Kier alpha value is -3.04. The van der Waals surface area contributed by atoms with E-state index in [4.69, 9.17) is 0 Å². The molecule has 4 rings (SSSR count). The van der Waals surface area contributed by atoms with Crippen molar-refractivity contribution in [3.8, 4) is 0 Å².